The van der Waals surface area contributed by atoms with Gasteiger partial charge in [0.1, 0.15) is 5.82 Å². The molecule has 2 saturated heterocycles. The van der Waals surface area contributed by atoms with Gasteiger partial charge in [0.2, 0.25) is 5.91 Å². The molecule has 2 aliphatic heterocycles. The molecule has 3 heterocycles. The molecule has 1 amide bonds. The summed E-state index contributed by atoms with van der Waals surface area (Å²) in [7, 11) is 0. The summed E-state index contributed by atoms with van der Waals surface area (Å²) in [6.45, 7) is 2.16. The zero-order valence-corrected chi connectivity index (χ0v) is 18.7. The van der Waals surface area contributed by atoms with Crippen LogP contribution in [0.4, 0.5) is 24.7 Å². The van der Waals surface area contributed by atoms with Gasteiger partial charge in [0.05, 0.1) is 11.1 Å². The van der Waals surface area contributed by atoms with E-state index in [1.165, 1.54) is 50.0 Å². The number of aromatic nitrogens is 1. The third-order valence-electron chi connectivity index (χ3n) is 6.85. The Kier molecular flexibility index (Phi) is 6.02. The van der Waals surface area contributed by atoms with Crippen molar-refractivity contribution in [3.8, 4) is 0 Å². The van der Waals surface area contributed by atoms with Crippen LogP contribution in [0, 0.1) is 11.8 Å². The second-order valence-corrected chi connectivity index (χ2v) is 9.31. The zero-order valence-electron chi connectivity index (χ0n) is 18.7. The molecule has 1 saturated carbocycles. The fourth-order valence-electron chi connectivity index (χ4n) is 4.99. The van der Waals surface area contributed by atoms with Gasteiger partial charge < -0.3 is 10.2 Å². The van der Waals surface area contributed by atoms with E-state index in [1.54, 1.807) is 0 Å². The maximum absolute atomic E-state index is 12.7. The quantitative estimate of drug-likeness (QED) is 0.446. The lowest BCUT2D eigenvalue weighted by atomic mass is 9.84. The molecule has 0 atom stereocenters. The Labute approximate surface area is 196 Å². The first-order valence-corrected chi connectivity index (χ1v) is 11.7. The van der Waals surface area contributed by atoms with Gasteiger partial charge in [-0.3, -0.25) is 4.79 Å². The second-order valence-electron chi connectivity index (χ2n) is 9.31. The Morgan fingerprint density at radius 3 is 2.26 bits per heavy atom. The summed E-state index contributed by atoms with van der Waals surface area (Å²) in [6.07, 6.45) is 3.71. The Morgan fingerprint density at radius 2 is 1.62 bits per heavy atom. The third kappa shape index (κ3) is 5.08. The van der Waals surface area contributed by atoms with Crippen LogP contribution in [0.15, 0.2) is 60.7 Å². The fraction of sp³-hybridized carbons (Fsp3) is 0.333. The SMILES string of the molecule is O=C(/C=C/c1ccc(C(F)(F)F)cc1)Nc1ccc2nc(N3CC4CCC(CC4)C3)ccc2c1. The summed E-state index contributed by atoms with van der Waals surface area (Å²) < 4.78 is 38.0. The number of nitrogens with zero attached hydrogens (tertiary/aromatic N) is 2. The van der Waals surface area contributed by atoms with Crippen molar-refractivity contribution in [1.29, 1.82) is 0 Å². The van der Waals surface area contributed by atoms with Gasteiger partial charge in [-0.25, -0.2) is 4.98 Å². The van der Waals surface area contributed by atoms with Crippen molar-refractivity contribution >= 4 is 34.4 Å². The fourth-order valence-corrected chi connectivity index (χ4v) is 4.99. The number of benzene rings is 2. The number of amides is 1. The highest BCUT2D eigenvalue weighted by molar-refractivity contribution is 6.03. The Hall–Kier alpha value is -3.35. The molecule has 4 nitrogen and oxygen atoms in total. The summed E-state index contributed by atoms with van der Waals surface area (Å²) >= 11 is 0. The number of alkyl halides is 3. The van der Waals surface area contributed by atoms with E-state index in [0.717, 1.165) is 53.8 Å². The molecule has 0 spiro atoms. The van der Waals surface area contributed by atoms with Crippen LogP contribution in [0.3, 0.4) is 0 Å². The van der Waals surface area contributed by atoms with Crippen LogP contribution in [-0.4, -0.2) is 24.0 Å². The van der Waals surface area contributed by atoms with Crippen molar-refractivity contribution < 1.29 is 18.0 Å². The summed E-state index contributed by atoms with van der Waals surface area (Å²) in [5.41, 5.74) is 1.31. The number of carbonyl (C=O) groups excluding carboxylic acids is 1. The highest BCUT2D eigenvalue weighted by Crippen LogP contribution is 2.36. The summed E-state index contributed by atoms with van der Waals surface area (Å²) in [5.74, 6) is 2.19. The van der Waals surface area contributed by atoms with Crippen LogP contribution < -0.4 is 10.2 Å². The smallest absolute Gasteiger partial charge is 0.356 e. The van der Waals surface area contributed by atoms with Crippen LogP contribution in [0.5, 0.6) is 0 Å². The molecule has 2 bridgehead atoms. The molecule has 34 heavy (non-hydrogen) atoms. The standard InChI is InChI=1S/C27H26F3N3O/c28-27(29,30)22-9-5-18(6-10-22)7-14-26(34)31-23-11-12-24-21(15-23)8-13-25(32-24)33-16-19-1-2-20(17-33)4-3-19/h5-15,19-20H,1-4,16-17H2,(H,31,34)/b14-7+. The molecule has 1 aromatic heterocycles. The number of carbonyl (C=O) groups is 1. The van der Waals surface area contributed by atoms with Gasteiger partial charge in [0.15, 0.2) is 0 Å². The van der Waals surface area contributed by atoms with Crippen molar-refractivity contribution in [3.05, 3.63) is 71.8 Å². The zero-order chi connectivity index (χ0) is 23.7. The molecule has 0 unspecified atom stereocenters. The average molecular weight is 466 g/mol. The van der Waals surface area contributed by atoms with Gasteiger partial charge in [-0.15, -0.1) is 0 Å². The van der Waals surface area contributed by atoms with Crippen molar-refractivity contribution in [2.75, 3.05) is 23.3 Å². The maximum atomic E-state index is 12.7. The van der Waals surface area contributed by atoms with Crippen molar-refractivity contribution in [2.45, 2.75) is 31.9 Å². The molecule has 1 N–H and O–H groups in total. The van der Waals surface area contributed by atoms with Crippen LogP contribution in [0.1, 0.15) is 36.8 Å². The minimum Gasteiger partial charge on any atom is -0.356 e. The van der Waals surface area contributed by atoms with E-state index in [9.17, 15) is 18.0 Å². The first kappa shape index (κ1) is 22.4. The third-order valence-corrected chi connectivity index (χ3v) is 6.85. The average Bonchev–Trinajstić information content (AvgIpc) is 3.16. The molecule has 1 aliphatic carbocycles. The molecular weight excluding hydrogens is 439 g/mol. The lowest BCUT2D eigenvalue weighted by Gasteiger charge is -2.24. The molecule has 2 aromatic carbocycles. The first-order chi connectivity index (χ1) is 16.3. The van der Waals surface area contributed by atoms with E-state index in [4.69, 9.17) is 4.98 Å². The molecule has 3 fully saturated rings. The number of fused-ring (bicyclic) bond motifs is 5. The number of halogens is 3. The second kappa shape index (κ2) is 9.12. The van der Waals surface area contributed by atoms with E-state index in [2.05, 4.69) is 16.3 Å². The number of pyridine rings is 1. The van der Waals surface area contributed by atoms with Crippen molar-refractivity contribution in [2.24, 2.45) is 11.8 Å². The number of nitrogens with one attached hydrogen (secondary N) is 1. The van der Waals surface area contributed by atoms with Crippen LogP contribution in [0.2, 0.25) is 0 Å². The number of hydrogen-bond donors (Lipinski definition) is 1. The highest BCUT2D eigenvalue weighted by Gasteiger charge is 2.30. The molecule has 176 valence electrons. The van der Waals surface area contributed by atoms with E-state index in [-0.39, 0.29) is 5.91 Å². The van der Waals surface area contributed by atoms with Gasteiger partial charge in [0.25, 0.3) is 0 Å². The van der Waals surface area contributed by atoms with Crippen molar-refractivity contribution in [3.63, 3.8) is 0 Å². The molecule has 0 radical (unpaired) electrons. The Morgan fingerprint density at radius 1 is 0.941 bits per heavy atom. The van der Waals surface area contributed by atoms with Crippen LogP contribution >= 0.6 is 0 Å². The predicted molar refractivity (Wildman–Crippen MR) is 129 cm³/mol. The number of anilines is 2. The van der Waals surface area contributed by atoms with Gasteiger partial charge in [0, 0.05) is 30.2 Å². The van der Waals surface area contributed by atoms with Crippen LogP contribution in [-0.2, 0) is 11.0 Å². The summed E-state index contributed by atoms with van der Waals surface area (Å²) in [5, 5.41) is 3.74. The number of rotatable bonds is 4. The minimum atomic E-state index is -4.38. The van der Waals surface area contributed by atoms with E-state index in [1.807, 2.05) is 24.3 Å². The van der Waals surface area contributed by atoms with E-state index in [0.29, 0.717) is 11.3 Å². The molecule has 6 rings (SSSR count). The van der Waals surface area contributed by atoms with Gasteiger partial charge in [-0.2, -0.15) is 13.2 Å². The molecular formula is C27H26F3N3O. The lowest BCUT2D eigenvalue weighted by molar-refractivity contribution is -0.137. The summed E-state index contributed by atoms with van der Waals surface area (Å²) in [6, 6.07) is 14.4. The molecule has 7 heteroatoms. The summed E-state index contributed by atoms with van der Waals surface area (Å²) in [4.78, 5) is 19.6. The number of hydrogen-bond acceptors (Lipinski definition) is 3. The predicted octanol–water partition coefficient (Wildman–Crippen LogP) is 6.53. The van der Waals surface area contributed by atoms with Gasteiger partial charge in [-0.05, 0) is 91.6 Å². The van der Waals surface area contributed by atoms with Crippen LogP contribution in [0.25, 0.3) is 17.0 Å². The first-order valence-electron chi connectivity index (χ1n) is 11.7. The highest BCUT2D eigenvalue weighted by atomic mass is 19.4. The van der Waals surface area contributed by atoms with E-state index >= 15 is 0 Å². The lowest BCUT2D eigenvalue weighted by Crippen LogP contribution is -2.28. The Bertz CT molecular complexity index is 1200. The minimum absolute atomic E-state index is 0.358. The van der Waals surface area contributed by atoms with Gasteiger partial charge >= 0.3 is 6.18 Å². The topological polar surface area (TPSA) is 45.2 Å². The normalized spacial score (nSPS) is 20.6. The largest absolute Gasteiger partial charge is 0.416 e. The van der Waals surface area contributed by atoms with Crippen molar-refractivity contribution in [1.82, 2.24) is 4.98 Å². The van der Waals surface area contributed by atoms with Gasteiger partial charge in [-0.1, -0.05) is 12.1 Å². The Balaban J connectivity index is 1.25. The van der Waals surface area contributed by atoms with E-state index < -0.39 is 11.7 Å². The molecule has 3 aliphatic rings. The monoisotopic (exact) mass is 465 g/mol. The maximum Gasteiger partial charge on any atom is 0.416 e. The molecule has 3 aromatic rings.